The predicted octanol–water partition coefficient (Wildman–Crippen LogP) is 3.76. The van der Waals surface area contributed by atoms with E-state index in [-0.39, 0.29) is 24.6 Å². The van der Waals surface area contributed by atoms with Crippen LogP contribution in [0.25, 0.3) is 0 Å². The number of nitrogens with one attached hydrogen (secondary N) is 2. The number of benzene rings is 2. The zero-order chi connectivity index (χ0) is 20.3. The first-order valence-electron chi connectivity index (χ1n) is 8.91. The first-order chi connectivity index (χ1) is 13.3. The molecule has 2 N–H and O–H groups in total. The van der Waals surface area contributed by atoms with Crippen molar-refractivity contribution in [3.8, 4) is 0 Å². The summed E-state index contributed by atoms with van der Waals surface area (Å²) in [6.45, 7) is 2.16. The number of alkyl halides is 3. The van der Waals surface area contributed by atoms with Crippen molar-refractivity contribution in [2.75, 3.05) is 16.9 Å². The summed E-state index contributed by atoms with van der Waals surface area (Å²) in [5.74, 6) is -1.36. The number of rotatable bonds is 5. The fourth-order valence-corrected chi connectivity index (χ4v) is 3.26. The second-order valence-electron chi connectivity index (χ2n) is 6.55. The highest BCUT2D eigenvalue weighted by Gasteiger charge is 2.36. The molecule has 1 saturated heterocycles. The number of halogens is 3. The van der Waals surface area contributed by atoms with Gasteiger partial charge in [0.2, 0.25) is 11.8 Å². The van der Waals surface area contributed by atoms with Gasteiger partial charge in [0.1, 0.15) is 0 Å². The number of hydrogen-bond acceptors (Lipinski definition) is 3. The van der Waals surface area contributed by atoms with Gasteiger partial charge < -0.3 is 4.90 Å². The molecule has 148 valence electrons. The third-order valence-electron chi connectivity index (χ3n) is 4.71. The molecule has 1 unspecified atom stereocenters. The summed E-state index contributed by atoms with van der Waals surface area (Å²) >= 11 is 0. The number of anilines is 2. The molecule has 28 heavy (non-hydrogen) atoms. The Balaban J connectivity index is 1.68. The minimum absolute atomic E-state index is 0.00643. The summed E-state index contributed by atoms with van der Waals surface area (Å²) in [6, 6.07) is 12.3. The minimum atomic E-state index is -4.54. The quantitative estimate of drug-likeness (QED) is 0.763. The van der Waals surface area contributed by atoms with Crippen molar-refractivity contribution in [1.82, 2.24) is 5.43 Å². The molecule has 0 spiro atoms. The van der Waals surface area contributed by atoms with Gasteiger partial charge in [0, 0.05) is 18.7 Å². The summed E-state index contributed by atoms with van der Waals surface area (Å²) in [7, 11) is 0. The van der Waals surface area contributed by atoms with E-state index in [2.05, 4.69) is 10.9 Å². The molecule has 2 amide bonds. The maximum atomic E-state index is 13.0. The Hall–Kier alpha value is -3.03. The van der Waals surface area contributed by atoms with Crippen LogP contribution < -0.4 is 15.8 Å². The van der Waals surface area contributed by atoms with E-state index in [0.29, 0.717) is 0 Å². The average molecular weight is 391 g/mol. The van der Waals surface area contributed by atoms with Crippen LogP contribution in [0.3, 0.4) is 0 Å². The smallest absolute Gasteiger partial charge is 0.311 e. The summed E-state index contributed by atoms with van der Waals surface area (Å²) in [5.41, 5.74) is 5.28. The van der Waals surface area contributed by atoms with Gasteiger partial charge in [0.25, 0.3) is 0 Å². The number of hydrogen-bond donors (Lipinski definition) is 2. The van der Waals surface area contributed by atoms with Crippen molar-refractivity contribution in [3.63, 3.8) is 0 Å². The van der Waals surface area contributed by atoms with Crippen LogP contribution in [0.15, 0.2) is 48.5 Å². The molecule has 2 aromatic carbocycles. The van der Waals surface area contributed by atoms with Crippen LogP contribution >= 0.6 is 0 Å². The van der Waals surface area contributed by atoms with Gasteiger partial charge in [-0.25, -0.2) is 0 Å². The van der Waals surface area contributed by atoms with E-state index >= 15 is 0 Å². The van der Waals surface area contributed by atoms with Gasteiger partial charge in [0.15, 0.2) is 0 Å². The molecule has 1 aliphatic rings. The Morgan fingerprint density at radius 3 is 2.54 bits per heavy atom. The highest BCUT2D eigenvalue weighted by Crippen LogP contribution is 2.34. The number of para-hydroxylation sites is 2. The Labute approximate surface area is 160 Å². The number of aryl methyl sites for hydroxylation is 1. The van der Waals surface area contributed by atoms with Gasteiger partial charge in [-0.3, -0.25) is 20.4 Å². The molecule has 0 bridgehead atoms. The third-order valence-corrected chi connectivity index (χ3v) is 4.71. The van der Waals surface area contributed by atoms with E-state index in [0.717, 1.165) is 23.7 Å². The summed E-state index contributed by atoms with van der Waals surface area (Å²) in [4.78, 5) is 26.4. The summed E-state index contributed by atoms with van der Waals surface area (Å²) in [6.07, 6.45) is -3.79. The molecule has 1 aliphatic heterocycles. The Bertz CT molecular complexity index is 883. The van der Waals surface area contributed by atoms with Gasteiger partial charge in [-0.1, -0.05) is 37.3 Å². The lowest BCUT2D eigenvalue weighted by molar-refractivity contribution is -0.137. The van der Waals surface area contributed by atoms with Crippen molar-refractivity contribution in [1.29, 1.82) is 0 Å². The number of carbonyl (C=O) groups is 2. The van der Waals surface area contributed by atoms with Gasteiger partial charge >= 0.3 is 6.18 Å². The summed E-state index contributed by atoms with van der Waals surface area (Å²) in [5, 5.41) is 0. The second kappa shape index (κ2) is 7.92. The third kappa shape index (κ3) is 4.11. The molecule has 5 nitrogen and oxygen atoms in total. The number of nitrogens with zero attached hydrogens (tertiary/aromatic N) is 1. The lowest BCUT2D eigenvalue weighted by Gasteiger charge is -2.20. The molecule has 0 aromatic heterocycles. The molecule has 8 heteroatoms. The van der Waals surface area contributed by atoms with Crippen molar-refractivity contribution in [2.45, 2.75) is 25.9 Å². The van der Waals surface area contributed by atoms with Crippen LogP contribution in [0.2, 0.25) is 0 Å². The fraction of sp³-hybridized carbons (Fsp3) is 0.300. The van der Waals surface area contributed by atoms with E-state index < -0.39 is 23.6 Å². The van der Waals surface area contributed by atoms with Gasteiger partial charge in [-0.2, -0.15) is 13.2 Å². The highest BCUT2D eigenvalue weighted by atomic mass is 19.4. The Morgan fingerprint density at radius 1 is 1.14 bits per heavy atom. The minimum Gasteiger partial charge on any atom is -0.311 e. The molecule has 2 aromatic rings. The van der Waals surface area contributed by atoms with Gasteiger partial charge in [-0.05, 0) is 30.2 Å². The van der Waals surface area contributed by atoms with Crippen LogP contribution in [-0.4, -0.2) is 18.4 Å². The predicted molar refractivity (Wildman–Crippen MR) is 99.5 cm³/mol. The van der Waals surface area contributed by atoms with Crippen molar-refractivity contribution in [2.24, 2.45) is 5.92 Å². The van der Waals surface area contributed by atoms with E-state index in [9.17, 15) is 22.8 Å². The van der Waals surface area contributed by atoms with Gasteiger partial charge in [0.05, 0.1) is 17.2 Å². The largest absolute Gasteiger partial charge is 0.418 e. The number of hydrazine groups is 1. The zero-order valence-corrected chi connectivity index (χ0v) is 15.2. The molecule has 0 aliphatic carbocycles. The van der Waals surface area contributed by atoms with Crippen molar-refractivity contribution in [3.05, 3.63) is 59.7 Å². The molecule has 1 heterocycles. The summed E-state index contributed by atoms with van der Waals surface area (Å²) < 4.78 is 39.1. The van der Waals surface area contributed by atoms with E-state index in [1.165, 1.54) is 18.2 Å². The standard InChI is InChI=1S/C20H20F3N3O2/c1-2-13-7-3-6-10-17(13)26-12-14(11-18(26)27)19(28)25-24-16-9-5-4-8-15(16)20(21,22)23/h3-10,14,24H,2,11-12H2,1H3,(H,25,28). The molecule has 1 fully saturated rings. The monoisotopic (exact) mass is 391 g/mol. The zero-order valence-electron chi connectivity index (χ0n) is 15.2. The van der Waals surface area contributed by atoms with E-state index in [1.807, 2.05) is 31.2 Å². The van der Waals surface area contributed by atoms with Crippen LogP contribution in [0.1, 0.15) is 24.5 Å². The molecule has 1 atom stereocenters. The second-order valence-corrected chi connectivity index (χ2v) is 6.55. The first-order valence-corrected chi connectivity index (χ1v) is 8.91. The lowest BCUT2D eigenvalue weighted by atomic mass is 10.1. The molecule has 3 rings (SSSR count). The van der Waals surface area contributed by atoms with E-state index in [4.69, 9.17) is 0 Å². The maximum Gasteiger partial charge on any atom is 0.418 e. The molecular formula is C20H20F3N3O2. The van der Waals surface area contributed by atoms with Crippen LogP contribution in [-0.2, 0) is 22.2 Å². The molecule has 0 radical (unpaired) electrons. The molecule has 0 saturated carbocycles. The van der Waals surface area contributed by atoms with E-state index in [1.54, 1.807) is 4.90 Å². The first kappa shape index (κ1) is 19.7. The van der Waals surface area contributed by atoms with Crippen LogP contribution in [0.5, 0.6) is 0 Å². The van der Waals surface area contributed by atoms with Crippen LogP contribution in [0.4, 0.5) is 24.5 Å². The average Bonchev–Trinajstić information content (AvgIpc) is 3.07. The number of amides is 2. The maximum absolute atomic E-state index is 13.0. The number of carbonyl (C=O) groups excluding carboxylic acids is 2. The van der Waals surface area contributed by atoms with Crippen molar-refractivity contribution < 1.29 is 22.8 Å². The Morgan fingerprint density at radius 2 is 1.82 bits per heavy atom. The fourth-order valence-electron chi connectivity index (χ4n) is 3.26. The highest BCUT2D eigenvalue weighted by molar-refractivity contribution is 6.01. The normalized spacial score (nSPS) is 16.9. The topological polar surface area (TPSA) is 61.4 Å². The SMILES string of the molecule is CCc1ccccc1N1CC(C(=O)NNc2ccccc2C(F)(F)F)CC1=O. The van der Waals surface area contributed by atoms with Crippen LogP contribution in [0, 0.1) is 5.92 Å². The lowest BCUT2D eigenvalue weighted by Crippen LogP contribution is -2.37. The molecular weight excluding hydrogens is 371 g/mol. The Kier molecular flexibility index (Phi) is 5.58. The van der Waals surface area contributed by atoms with Gasteiger partial charge in [-0.15, -0.1) is 0 Å². The van der Waals surface area contributed by atoms with Crippen molar-refractivity contribution >= 4 is 23.2 Å².